The summed E-state index contributed by atoms with van der Waals surface area (Å²) in [6.45, 7) is 7.61. The Morgan fingerprint density at radius 1 is 0.853 bits per heavy atom. The van der Waals surface area contributed by atoms with Gasteiger partial charge in [0.05, 0.1) is 6.04 Å². The minimum atomic E-state index is -1.34. The van der Waals surface area contributed by atoms with E-state index in [4.69, 9.17) is 17.2 Å². The molecule has 0 aromatic rings. The Morgan fingerprint density at radius 3 is 1.91 bits per heavy atom. The Bertz CT molecular complexity index is 701. The van der Waals surface area contributed by atoms with Crippen LogP contribution in [0.15, 0.2) is 0 Å². The van der Waals surface area contributed by atoms with Gasteiger partial charge in [0.25, 0.3) is 0 Å². The summed E-state index contributed by atoms with van der Waals surface area (Å²) in [4.78, 5) is 60.9. The van der Waals surface area contributed by atoms with E-state index in [1.54, 1.807) is 13.8 Å². The highest BCUT2D eigenvalue weighted by molar-refractivity contribution is 5.94. The van der Waals surface area contributed by atoms with Crippen LogP contribution in [0.3, 0.4) is 0 Å². The van der Waals surface area contributed by atoms with Crippen LogP contribution in [0.25, 0.3) is 0 Å². The van der Waals surface area contributed by atoms with E-state index in [0.717, 1.165) is 0 Å². The van der Waals surface area contributed by atoms with Crippen molar-refractivity contribution in [2.45, 2.75) is 90.4 Å². The topological polar surface area (TPSA) is 220 Å². The summed E-state index contributed by atoms with van der Waals surface area (Å²) in [6.07, 6.45) is 1.60. The summed E-state index contributed by atoms with van der Waals surface area (Å²) >= 11 is 0. The number of aliphatic carboxylic acids is 1. The van der Waals surface area contributed by atoms with Crippen molar-refractivity contribution in [2.75, 3.05) is 6.54 Å². The molecule has 0 spiro atoms. The third kappa shape index (κ3) is 11.4. The number of unbranched alkanes of at least 4 members (excludes halogenated alkanes) is 1. The molecule has 0 fully saturated rings. The molecule has 0 aliphatic heterocycles. The van der Waals surface area contributed by atoms with Crippen molar-refractivity contribution in [2.24, 2.45) is 29.0 Å². The third-order valence-corrected chi connectivity index (χ3v) is 5.68. The zero-order chi connectivity index (χ0) is 26.4. The fourth-order valence-electron chi connectivity index (χ4n) is 3.14. The summed E-state index contributed by atoms with van der Waals surface area (Å²) < 4.78 is 0. The Morgan fingerprint density at radius 2 is 1.44 bits per heavy atom. The second kappa shape index (κ2) is 16.0. The fraction of sp³-hybridized carbons (Fsp3) is 0.773. The molecule has 4 amide bonds. The average Bonchev–Trinajstić information content (AvgIpc) is 2.77. The molecule has 0 aliphatic carbocycles. The molecule has 0 aromatic heterocycles. The van der Waals surface area contributed by atoms with Gasteiger partial charge in [0.1, 0.15) is 18.1 Å². The van der Waals surface area contributed by atoms with Crippen LogP contribution < -0.4 is 33.2 Å². The van der Waals surface area contributed by atoms with Gasteiger partial charge >= 0.3 is 5.97 Å². The van der Waals surface area contributed by atoms with E-state index < -0.39 is 53.8 Å². The van der Waals surface area contributed by atoms with Gasteiger partial charge in [-0.25, -0.2) is 4.79 Å². The van der Waals surface area contributed by atoms with E-state index in [0.29, 0.717) is 25.8 Å². The average molecular weight is 487 g/mol. The number of nitrogens with two attached hydrogens (primary N) is 3. The second-order valence-corrected chi connectivity index (χ2v) is 8.89. The molecule has 196 valence electrons. The first kappa shape index (κ1) is 31.3. The first-order valence-corrected chi connectivity index (χ1v) is 11.7. The van der Waals surface area contributed by atoms with Gasteiger partial charge in [0.15, 0.2) is 0 Å². The van der Waals surface area contributed by atoms with Crippen molar-refractivity contribution in [1.82, 2.24) is 16.0 Å². The maximum atomic E-state index is 13.0. The summed E-state index contributed by atoms with van der Waals surface area (Å²) in [6, 6.07) is -4.14. The van der Waals surface area contributed by atoms with Crippen molar-refractivity contribution in [3.63, 3.8) is 0 Å². The van der Waals surface area contributed by atoms with E-state index in [1.165, 1.54) is 0 Å². The lowest BCUT2D eigenvalue weighted by Crippen LogP contribution is -2.59. The highest BCUT2D eigenvalue weighted by atomic mass is 16.4. The molecular formula is C22H42N6O6. The minimum absolute atomic E-state index is 0.0842. The standard InChI is InChI=1S/C22H42N6O6/c1-5-13(4)17(25)20(31)28-18(12(2)3)21(32)26-14(8-6-7-11-23)19(30)27-15(22(33)34)9-10-16(24)29/h12-15,17-18H,5-11,23,25H2,1-4H3,(H2,24,29)(H,26,32)(H,27,30)(H,28,31)(H,33,34). The lowest BCUT2D eigenvalue weighted by Gasteiger charge is -2.28. The van der Waals surface area contributed by atoms with Crippen LogP contribution in [-0.4, -0.2) is 65.4 Å². The second-order valence-electron chi connectivity index (χ2n) is 8.89. The van der Waals surface area contributed by atoms with Crippen molar-refractivity contribution in [3.05, 3.63) is 0 Å². The summed E-state index contributed by atoms with van der Waals surface area (Å²) in [5.74, 6) is -4.18. The molecule has 0 aliphatic rings. The molecule has 0 radical (unpaired) electrons. The maximum Gasteiger partial charge on any atom is 0.326 e. The van der Waals surface area contributed by atoms with Gasteiger partial charge in [-0.1, -0.05) is 34.1 Å². The fourth-order valence-corrected chi connectivity index (χ4v) is 3.14. The van der Waals surface area contributed by atoms with E-state index in [2.05, 4.69) is 16.0 Å². The Kier molecular flexibility index (Phi) is 14.7. The summed E-state index contributed by atoms with van der Waals surface area (Å²) in [5, 5.41) is 17.0. The molecule has 0 rings (SSSR count). The van der Waals surface area contributed by atoms with E-state index in [9.17, 15) is 29.1 Å². The van der Waals surface area contributed by atoms with Gasteiger partial charge in [-0.2, -0.15) is 0 Å². The number of primary amides is 1. The van der Waals surface area contributed by atoms with Gasteiger partial charge in [0, 0.05) is 6.42 Å². The summed E-state index contributed by atoms with van der Waals surface area (Å²) in [5.41, 5.74) is 16.6. The zero-order valence-corrected chi connectivity index (χ0v) is 20.6. The van der Waals surface area contributed by atoms with E-state index in [1.807, 2.05) is 13.8 Å². The van der Waals surface area contributed by atoms with Crippen LogP contribution in [0.5, 0.6) is 0 Å². The first-order valence-electron chi connectivity index (χ1n) is 11.7. The van der Waals surface area contributed by atoms with Gasteiger partial charge in [-0.3, -0.25) is 19.2 Å². The maximum absolute atomic E-state index is 13.0. The number of rotatable bonds is 17. The Labute approximate surface area is 201 Å². The minimum Gasteiger partial charge on any atom is -0.480 e. The molecule has 34 heavy (non-hydrogen) atoms. The molecular weight excluding hydrogens is 444 g/mol. The molecule has 0 saturated heterocycles. The van der Waals surface area contributed by atoms with Crippen LogP contribution in [0.4, 0.5) is 0 Å². The number of hydrogen-bond acceptors (Lipinski definition) is 7. The van der Waals surface area contributed by atoms with Crippen LogP contribution in [-0.2, 0) is 24.0 Å². The molecule has 12 heteroatoms. The lowest BCUT2D eigenvalue weighted by atomic mass is 9.97. The molecule has 0 aromatic carbocycles. The van der Waals surface area contributed by atoms with E-state index >= 15 is 0 Å². The zero-order valence-electron chi connectivity index (χ0n) is 20.6. The van der Waals surface area contributed by atoms with Gasteiger partial charge in [-0.15, -0.1) is 0 Å². The first-order chi connectivity index (χ1) is 15.8. The van der Waals surface area contributed by atoms with Gasteiger partial charge < -0.3 is 38.3 Å². The van der Waals surface area contributed by atoms with Crippen LogP contribution in [0.1, 0.15) is 66.2 Å². The van der Waals surface area contributed by atoms with Crippen LogP contribution >= 0.6 is 0 Å². The Balaban J connectivity index is 5.48. The van der Waals surface area contributed by atoms with Crippen molar-refractivity contribution < 1.29 is 29.1 Å². The molecule has 0 bridgehead atoms. The third-order valence-electron chi connectivity index (χ3n) is 5.68. The smallest absolute Gasteiger partial charge is 0.326 e. The highest BCUT2D eigenvalue weighted by Gasteiger charge is 2.32. The van der Waals surface area contributed by atoms with Gasteiger partial charge in [-0.05, 0) is 44.1 Å². The normalized spacial score (nSPS) is 15.5. The van der Waals surface area contributed by atoms with Crippen molar-refractivity contribution in [3.8, 4) is 0 Å². The quantitative estimate of drug-likeness (QED) is 0.125. The Hall–Kier alpha value is -2.73. The number of nitrogens with one attached hydrogen (secondary N) is 3. The van der Waals surface area contributed by atoms with Crippen molar-refractivity contribution in [1.29, 1.82) is 0 Å². The number of carboxylic acid groups (broad SMARTS) is 1. The van der Waals surface area contributed by atoms with Crippen LogP contribution in [0.2, 0.25) is 0 Å². The number of hydrogen-bond donors (Lipinski definition) is 7. The molecule has 10 N–H and O–H groups in total. The molecule has 5 unspecified atom stereocenters. The number of carboxylic acids is 1. The predicted molar refractivity (Wildman–Crippen MR) is 127 cm³/mol. The van der Waals surface area contributed by atoms with Crippen molar-refractivity contribution >= 4 is 29.6 Å². The molecule has 0 saturated carbocycles. The largest absolute Gasteiger partial charge is 0.480 e. The SMILES string of the molecule is CCC(C)C(N)C(=O)NC(C(=O)NC(CCCCN)C(=O)NC(CCC(N)=O)C(=O)O)C(C)C. The number of carbonyl (C=O) groups is 5. The van der Waals surface area contributed by atoms with E-state index in [-0.39, 0.29) is 31.1 Å². The molecule has 12 nitrogen and oxygen atoms in total. The summed E-state index contributed by atoms with van der Waals surface area (Å²) in [7, 11) is 0. The monoisotopic (exact) mass is 486 g/mol. The van der Waals surface area contributed by atoms with Crippen LogP contribution in [0, 0.1) is 11.8 Å². The highest BCUT2D eigenvalue weighted by Crippen LogP contribution is 2.10. The molecule has 0 heterocycles. The van der Waals surface area contributed by atoms with Gasteiger partial charge in [0.2, 0.25) is 23.6 Å². The molecule has 5 atom stereocenters. The lowest BCUT2D eigenvalue weighted by molar-refractivity contribution is -0.142. The number of carbonyl (C=O) groups excluding carboxylic acids is 4. The predicted octanol–water partition coefficient (Wildman–Crippen LogP) is -1.05. The number of amides is 4.